The van der Waals surface area contributed by atoms with Crippen molar-refractivity contribution in [3.8, 4) is 34.5 Å². The summed E-state index contributed by atoms with van der Waals surface area (Å²) < 4.78 is 50.5. The van der Waals surface area contributed by atoms with E-state index in [9.17, 15) is 10.2 Å². The summed E-state index contributed by atoms with van der Waals surface area (Å²) in [5, 5.41) is 22.3. The number of rotatable bonds is 12. The average Bonchev–Trinajstić information content (AvgIpc) is 3.90. The first-order valence-electron chi connectivity index (χ1n) is 18.6. The number of hydrogen-bond donors (Lipinski definition) is 2. The number of anilines is 1. The van der Waals surface area contributed by atoms with Gasteiger partial charge in [-0.2, -0.15) is 9.97 Å². The number of nitrogens with zero attached hydrogens (tertiary/aromatic N) is 4. The zero-order valence-electron chi connectivity index (χ0n) is 32.1. The Morgan fingerprint density at radius 1 is 1.00 bits per heavy atom. The molecule has 4 aromatic rings. The Morgan fingerprint density at radius 2 is 1.72 bits per heavy atom. The molecule has 9 nitrogen and oxygen atoms in total. The largest absolute Gasteiger partial charge is 0.468 e. The van der Waals surface area contributed by atoms with Gasteiger partial charge in [0, 0.05) is 42.8 Å². The van der Waals surface area contributed by atoms with Crippen LogP contribution in [0.25, 0.3) is 32.9 Å². The van der Waals surface area contributed by atoms with E-state index in [1.165, 1.54) is 19.4 Å². The fourth-order valence-electron chi connectivity index (χ4n) is 8.19. The first kappa shape index (κ1) is 38.8. The van der Waals surface area contributed by atoms with Crippen LogP contribution < -0.4 is 14.4 Å². The predicted octanol–water partition coefficient (Wildman–Crippen LogP) is 8.18. The molecule has 0 spiro atoms. The molecule has 1 saturated heterocycles. The Kier molecular flexibility index (Phi) is 11.1. The minimum absolute atomic E-state index is 0.0275. The second kappa shape index (κ2) is 15.1. The Balaban J connectivity index is 1.60. The lowest BCUT2D eigenvalue weighted by Crippen LogP contribution is -2.46. The SMILES string of the molecule is COCOc1cc(-c2ncc3c(N4CCC[C@@](C)(O)C4)nc(OCC4(CO)CC4)nc3c2F)c2c(C#C[Si](C(C)C)(C(C)C)C(C)C)c(F)ccc2c1. The lowest BCUT2D eigenvalue weighted by molar-refractivity contribution is 0.0447. The Hall–Kier alpha value is -3.89. The fourth-order valence-corrected chi connectivity index (χ4v) is 13.4. The summed E-state index contributed by atoms with van der Waals surface area (Å²) in [6.45, 7) is 15.9. The standard InChI is InChI=1S/C41H52F2N4O5Si/c1-25(2)53(26(3)4,27(5)6)17-12-30-33(42)11-10-28-18-29(52-24-50-8)19-31(34(28)30)36-35(43)37-32(20-44-36)38(47-16-9-13-40(7,49)21-47)46-39(45-37)51-23-41(22-48)14-15-41/h10-11,18-20,25-27,48-49H,9,13-16,21-24H2,1-8H3/t40-/m1/s1. The third-order valence-corrected chi connectivity index (χ3v) is 17.6. The van der Waals surface area contributed by atoms with Gasteiger partial charge < -0.3 is 29.3 Å². The maximum atomic E-state index is 17.3. The van der Waals surface area contributed by atoms with Gasteiger partial charge in [-0.05, 0) is 72.8 Å². The van der Waals surface area contributed by atoms with Gasteiger partial charge in [-0.1, -0.05) is 53.5 Å². The number of methoxy groups -OCH3 is 1. The van der Waals surface area contributed by atoms with E-state index in [-0.39, 0.29) is 54.8 Å². The Bertz CT molecular complexity index is 2040. The summed E-state index contributed by atoms with van der Waals surface area (Å²) in [4.78, 5) is 15.9. The van der Waals surface area contributed by atoms with Crippen LogP contribution in [0.15, 0.2) is 30.5 Å². The minimum Gasteiger partial charge on any atom is -0.468 e. The van der Waals surface area contributed by atoms with Crippen molar-refractivity contribution in [3.05, 3.63) is 47.7 Å². The highest BCUT2D eigenvalue weighted by molar-refractivity contribution is 6.90. The number of halogens is 2. The first-order valence-corrected chi connectivity index (χ1v) is 20.9. The molecule has 12 heteroatoms. The summed E-state index contributed by atoms with van der Waals surface area (Å²) in [6.07, 6.45) is 4.48. The van der Waals surface area contributed by atoms with Crippen LogP contribution in [0.3, 0.4) is 0 Å². The van der Waals surface area contributed by atoms with Crippen molar-refractivity contribution >= 4 is 35.6 Å². The molecule has 0 amide bonds. The van der Waals surface area contributed by atoms with E-state index in [2.05, 4.69) is 63.0 Å². The minimum atomic E-state index is -2.28. The zero-order valence-corrected chi connectivity index (χ0v) is 33.1. The third-order valence-electron chi connectivity index (χ3n) is 11.3. The van der Waals surface area contributed by atoms with Crippen LogP contribution in [0.1, 0.15) is 79.7 Å². The van der Waals surface area contributed by atoms with Crippen LogP contribution >= 0.6 is 0 Å². The topological polar surface area (TPSA) is 110 Å². The highest BCUT2D eigenvalue weighted by atomic mass is 28.3. The molecule has 53 heavy (non-hydrogen) atoms. The second-order valence-corrected chi connectivity index (χ2v) is 21.8. The smallest absolute Gasteiger partial charge is 0.319 e. The van der Waals surface area contributed by atoms with Crippen LogP contribution in [-0.4, -0.2) is 79.0 Å². The maximum Gasteiger partial charge on any atom is 0.319 e. The van der Waals surface area contributed by atoms with E-state index < -0.39 is 25.3 Å². The van der Waals surface area contributed by atoms with Gasteiger partial charge in [-0.15, -0.1) is 5.54 Å². The van der Waals surface area contributed by atoms with Crippen molar-refractivity contribution in [2.45, 2.75) is 96.4 Å². The molecular formula is C41H52F2N4O5Si. The van der Waals surface area contributed by atoms with E-state index >= 15 is 8.78 Å². The van der Waals surface area contributed by atoms with E-state index in [4.69, 9.17) is 19.2 Å². The highest BCUT2D eigenvalue weighted by Crippen LogP contribution is 2.46. The normalized spacial score (nSPS) is 18.6. The number of aliphatic hydroxyl groups excluding tert-OH is 1. The van der Waals surface area contributed by atoms with Crippen LogP contribution in [0.2, 0.25) is 16.6 Å². The molecule has 2 aromatic carbocycles. The lowest BCUT2D eigenvalue weighted by atomic mass is 9.94. The Labute approximate surface area is 312 Å². The third kappa shape index (κ3) is 7.59. The molecule has 2 N–H and O–H groups in total. The number of fused-ring (bicyclic) bond motifs is 2. The molecule has 1 atom stereocenters. The summed E-state index contributed by atoms with van der Waals surface area (Å²) >= 11 is 0. The molecule has 3 heterocycles. The van der Waals surface area contributed by atoms with Crippen LogP contribution in [0.4, 0.5) is 14.6 Å². The van der Waals surface area contributed by atoms with Gasteiger partial charge in [-0.3, -0.25) is 4.98 Å². The molecule has 2 aliphatic rings. The molecule has 1 aliphatic carbocycles. The van der Waals surface area contributed by atoms with Gasteiger partial charge in [0.25, 0.3) is 0 Å². The zero-order chi connectivity index (χ0) is 38.3. The number of hydrogen-bond acceptors (Lipinski definition) is 9. The van der Waals surface area contributed by atoms with Crippen LogP contribution in [-0.2, 0) is 4.74 Å². The fraction of sp³-hybridized carbons (Fsp3) is 0.537. The number of aliphatic hydroxyl groups is 2. The maximum absolute atomic E-state index is 17.3. The molecule has 2 aromatic heterocycles. The summed E-state index contributed by atoms with van der Waals surface area (Å²) in [5.74, 6) is 2.84. The van der Waals surface area contributed by atoms with Crippen molar-refractivity contribution in [2.75, 3.05) is 45.1 Å². The predicted molar refractivity (Wildman–Crippen MR) is 207 cm³/mol. The van der Waals surface area contributed by atoms with E-state index in [1.54, 1.807) is 25.1 Å². The van der Waals surface area contributed by atoms with Crippen molar-refractivity contribution in [1.29, 1.82) is 0 Å². The molecule has 6 rings (SSSR count). The van der Waals surface area contributed by atoms with E-state index in [0.29, 0.717) is 69.3 Å². The van der Waals surface area contributed by atoms with Crippen molar-refractivity contribution in [2.24, 2.45) is 5.41 Å². The van der Waals surface area contributed by atoms with Gasteiger partial charge in [-0.25, -0.2) is 8.78 Å². The van der Waals surface area contributed by atoms with Gasteiger partial charge in [0.15, 0.2) is 12.6 Å². The average molecular weight is 747 g/mol. The number of β-amino-alcohol motifs (C(OH)–C–C–N with tert-alkyl or cyclic N) is 1. The summed E-state index contributed by atoms with van der Waals surface area (Å²) in [6, 6.07) is 6.40. The van der Waals surface area contributed by atoms with Crippen molar-refractivity contribution in [3.63, 3.8) is 0 Å². The number of aromatic nitrogens is 3. The molecule has 1 saturated carbocycles. The van der Waals surface area contributed by atoms with Gasteiger partial charge in [0.05, 0.1) is 29.8 Å². The molecule has 0 bridgehead atoms. The van der Waals surface area contributed by atoms with Crippen molar-refractivity contribution < 1.29 is 33.2 Å². The highest BCUT2D eigenvalue weighted by Gasteiger charge is 2.44. The Morgan fingerprint density at radius 3 is 2.34 bits per heavy atom. The molecule has 0 radical (unpaired) electrons. The lowest BCUT2D eigenvalue weighted by Gasteiger charge is -2.38. The van der Waals surface area contributed by atoms with Crippen LogP contribution in [0, 0.1) is 28.5 Å². The van der Waals surface area contributed by atoms with Gasteiger partial charge in [0.1, 0.15) is 36.7 Å². The van der Waals surface area contributed by atoms with Gasteiger partial charge >= 0.3 is 6.01 Å². The molecule has 2 fully saturated rings. The number of piperidine rings is 1. The second-order valence-electron chi connectivity index (χ2n) is 16.2. The summed E-state index contributed by atoms with van der Waals surface area (Å²) in [5.41, 5.74) is 3.67. The molecule has 1 aliphatic heterocycles. The van der Waals surface area contributed by atoms with E-state index in [0.717, 1.165) is 12.8 Å². The molecule has 284 valence electrons. The number of benzene rings is 2. The van der Waals surface area contributed by atoms with Crippen LogP contribution in [0.5, 0.6) is 11.8 Å². The number of ether oxygens (including phenoxy) is 3. The summed E-state index contributed by atoms with van der Waals surface area (Å²) in [7, 11) is -0.772. The monoisotopic (exact) mass is 746 g/mol. The number of pyridine rings is 1. The quantitative estimate of drug-likeness (QED) is 0.0843. The molecular weight excluding hydrogens is 695 g/mol. The van der Waals surface area contributed by atoms with Crippen molar-refractivity contribution in [1.82, 2.24) is 15.0 Å². The van der Waals surface area contributed by atoms with E-state index in [1.807, 2.05) is 4.90 Å². The molecule has 0 unspecified atom stereocenters. The first-order chi connectivity index (χ1) is 25.1. The van der Waals surface area contributed by atoms with Gasteiger partial charge in [0.2, 0.25) is 0 Å².